The van der Waals surface area contributed by atoms with Crippen molar-refractivity contribution in [3.63, 3.8) is 0 Å². The number of nitro groups is 1. The van der Waals surface area contributed by atoms with Crippen molar-refractivity contribution in [1.29, 1.82) is 0 Å². The summed E-state index contributed by atoms with van der Waals surface area (Å²) in [5.41, 5.74) is 1.74. The van der Waals surface area contributed by atoms with Gasteiger partial charge >= 0.3 is 0 Å². The lowest BCUT2D eigenvalue weighted by molar-refractivity contribution is -0.385. The molecule has 106 valence electrons. The van der Waals surface area contributed by atoms with Crippen molar-refractivity contribution >= 4 is 5.69 Å². The van der Waals surface area contributed by atoms with Crippen LogP contribution in [0.15, 0.2) is 36.7 Å². The lowest BCUT2D eigenvalue weighted by atomic mass is 10.2. The largest absolute Gasteiger partial charge is 0.394 e. The van der Waals surface area contributed by atoms with Crippen LogP contribution in [0, 0.1) is 10.1 Å². The van der Waals surface area contributed by atoms with E-state index >= 15 is 0 Å². The number of hydrogen-bond acceptors (Lipinski definition) is 5. The molecule has 7 heteroatoms. The van der Waals surface area contributed by atoms with E-state index in [2.05, 4.69) is 10.4 Å². The Morgan fingerprint density at radius 2 is 2.15 bits per heavy atom. The van der Waals surface area contributed by atoms with E-state index in [4.69, 9.17) is 5.11 Å². The van der Waals surface area contributed by atoms with Gasteiger partial charge < -0.3 is 10.4 Å². The molecule has 0 radical (unpaired) electrons. The lowest BCUT2D eigenvalue weighted by Crippen LogP contribution is -2.13. The average molecular weight is 276 g/mol. The van der Waals surface area contributed by atoms with Crippen molar-refractivity contribution in [1.82, 2.24) is 15.1 Å². The Bertz CT molecular complexity index is 583. The highest BCUT2D eigenvalue weighted by molar-refractivity contribution is 5.39. The normalized spacial score (nSPS) is 10.7. The van der Waals surface area contributed by atoms with Gasteiger partial charge in [-0.15, -0.1) is 0 Å². The molecule has 1 aromatic carbocycles. The van der Waals surface area contributed by atoms with Crippen LogP contribution < -0.4 is 5.32 Å². The maximum atomic E-state index is 10.9. The first-order valence-corrected chi connectivity index (χ1v) is 6.26. The third kappa shape index (κ3) is 3.62. The fourth-order valence-corrected chi connectivity index (χ4v) is 1.90. The van der Waals surface area contributed by atoms with Crippen LogP contribution in [0.5, 0.6) is 0 Å². The molecule has 0 saturated carbocycles. The second-order valence-electron chi connectivity index (χ2n) is 4.32. The number of hydrogen-bond donors (Lipinski definition) is 2. The van der Waals surface area contributed by atoms with Gasteiger partial charge in [-0.05, 0) is 0 Å². The number of nitrogens with zero attached hydrogens (tertiary/aromatic N) is 3. The monoisotopic (exact) mass is 276 g/mol. The van der Waals surface area contributed by atoms with Crippen LogP contribution in [-0.4, -0.2) is 26.4 Å². The quantitative estimate of drug-likeness (QED) is 0.583. The van der Waals surface area contributed by atoms with Gasteiger partial charge in [-0.3, -0.25) is 14.8 Å². The van der Waals surface area contributed by atoms with E-state index in [1.54, 1.807) is 29.1 Å². The summed E-state index contributed by atoms with van der Waals surface area (Å²) in [7, 11) is 0. The predicted molar refractivity (Wildman–Crippen MR) is 73.0 cm³/mol. The third-order valence-electron chi connectivity index (χ3n) is 2.85. The summed E-state index contributed by atoms with van der Waals surface area (Å²) < 4.78 is 1.65. The van der Waals surface area contributed by atoms with Gasteiger partial charge in [0.05, 0.1) is 24.3 Å². The average Bonchev–Trinajstić information content (AvgIpc) is 2.87. The molecular weight excluding hydrogens is 260 g/mol. The molecule has 0 amide bonds. The highest BCUT2D eigenvalue weighted by Crippen LogP contribution is 2.17. The van der Waals surface area contributed by atoms with Gasteiger partial charge in [-0.25, -0.2) is 0 Å². The van der Waals surface area contributed by atoms with Crippen molar-refractivity contribution in [2.24, 2.45) is 0 Å². The molecule has 0 unspecified atom stereocenters. The molecule has 20 heavy (non-hydrogen) atoms. The molecular formula is C13H16N4O3. The van der Waals surface area contributed by atoms with Gasteiger partial charge in [0.15, 0.2) is 0 Å². The summed E-state index contributed by atoms with van der Waals surface area (Å²) in [6, 6.07) is 6.67. The zero-order valence-corrected chi connectivity index (χ0v) is 10.9. The Labute approximate surface area is 116 Å². The molecule has 0 aliphatic rings. The SMILES string of the molecule is O=[N+]([O-])c1ccccc1CNCc1cnn(CCO)c1. The van der Waals surface area contributed by atoms with Crippen molar-refractivity contribution < 1.29 is 10.0 Å². The molecule has 7 nitrogen and oxygen atoms in total. The van der Waals surface area contributed by atoms with Gasteiger partial charge in [0.1, 0.15) is 0 Å². The number of benzene rings is 1. The van der Waals surface area contributed by atoms with Gasteiger partial charge in [0.2, 0.25) is 0 Å². The highest BCUT2D eigenvalue weighted by atomic mass is 16.6. The second-order valence-corrected chi connectivity index (χ2v) is 4.32. The smallest absolute Gasteiger partial charge is 0.273 e. The van der Waals surface area contributed by atoms with Crippen molar-refractivity contribution in [3.05, 3.63) is 57.9 Å². The van der Waals surface area contributed by atoms with Crippen LogP contribution in [0.25, 0.3) is 0 Å². The molecule has 0 fully saturated rings. The van der Waals surface area contributed by atoms with E-state index in [0.717, 1.165) is 5.56 Å². The number of para-hydroxylation sites is 1. The Hall–Kier alpha value is -2.25. The third-order valence-corrected chi connectivity index (χ3v) is 2.85. The minimum absolute atomic E-state index is 0.0464. The Morgan fingerprint density at radius 3 is 2.90 bits per heavy atom. The molecule has 1 heterocycles. The van der Waals surface area contributed by atoms with E-state index in [1.165, 1.54) is 6.07 Å². The summed E-state index contributed by atoms with van der Waals surface area (Å²) >= 11 is 0. The molecule has 2 aromatic rings. The Morgan fingerprint density at radius 1 is 1.35 bits per heavy atom. The van der Waals surface area contributed by atoms with Crippen LogP contribution in [0.2, 0.25) is 0 Å². The second kappa shape index (κ2) is 6.78. The van der Waals surface area contributed by atoms with Crippen LogP contribution >= 0.6 is 0 Å². The molecule has 0 saturated heterocycles. The van der Waals surface area contributed by atoms with Gasteiger partial charge in [-0.2, -0.15) is 5.10 Å². The van der Waals surface area contributed by atoms with E-state index in [-0.39, 0.29) is 17.2 Å². The Balaban J connectivity index is 1.91. The zero-order chi connectivity index (χ0) is 14.4. The minimum atomic E-state index is -0.379. The van der Waals surface area contributed by atoms with Crippen molar-refractivity contribution in [2.75, 3.05) is 6.61 Å². The van der Waals surface area contributed by atoms with E-state index in [0.29, 0.717) is 25.2 Å². The van der Waals surface area contributed by atoms with Crippen LogP contribution in [0.1, 0.15) is 11.1 Å². The van der Waals surface area contributed by atoms with Gasteiger partial charge in [0.25, 0.3) is 5.69 Å². The first-order valence-electron chi connectivity index (χ1n) is 6.26. The first kappa shape index (κ1) is 14.2. The molecule has 0 aliphatic heterocycles. The van der Waals surface area contributed by atoms with E-state index < -0.39 is 0 Å². The molecule has 1 aromatic heterocycles. The lowest BCUT2D eigenvalue weighted by Gasteiger charge is -2.04. The van der Waals surface area contributed by atoms with Crippen LogP contribution in [0.4, 0.5) is 5.69 Å². The number of nitro benzene ring substituents is 1. The fraction of sp³-hybridized carbons (Fsp3) is 0.308. The summed E-state index contributed by atoms with van der Waals surface area (Å²) in [4.78, 5) is 10.5. The van der Waals surface area contributed by atoms with Crippen LogP contribution in [-0.2, 0) is 19.6 Å². The number of nitrogens with one attached hydrogen (secondary N) is 1. The fourth-order valence-electron chi connectivity index (χ4n) is 1.90. The Kier molecular flexibility index (Phi) is 4.80. The topological polar surface area (TPSA) is 93.2 Å². The number of aromatic nitrogens is 2. The molecule has 0 aliphatic carbocycles. The van der Waals surface area contributed by atoms with Gasteiger partial charge in [-0.1, -0.05) is 18.2 Å². The van der Waals surface area contributed by atoms with Crippen molar-refractivity contribution in [2.45, 2.75) is 19.6 Å². The maximum absolute atomic E-state index is 10.9. The molecule has 0 bridgehead atoms. The summed E-state index contributed by atoms with van der Waals surface area (Å²) in [5, 5.41) is 26.9. The standard InChI is InChI=1S/C13H16N4O3/c18-6-5-16-10-11(8-15-16)7-14-9-12-3-1-2-4-13(12)17(19)20/h1-4,8,10,14,18H,5-7,9H2. The number of aliphatic hydroxyl groups excluding tert-OH is 1. The van der Waals surface area contributed by atoms with E-state index in [1.807, 2.05) is 6.20 Å². The van der Waals surface area contributed by atoms with Gasteiger partial charge in [0, 0.05) is 36.5 Å². The zero-order valence-electron chi connectivity index (χ0n) is 10.9. The van der Waals surface area contributed by atoms with E-state index in [9.17, 15) is 10.1 Å². The highest BCUT2D eigenvalue weighted by Gasteiger charge is 2.11. The summed E-state index contributed by atoms with van der Waals surface area (Å²) in [6.07, 6.45) is 3.55. The molecule has 2 N–H and O–H groups in total. The number of rotatable bonds is 7. The number of aliphatic hydroxyl groups is 1. The molecule has 2 rings (SSSR count). The van der Waals surface area contributed by atoms with Crippen molar-refractivity contribution in [3.8, 4) is 0 Å². The summed E-state index contributed by atoms with van der Waals surface area (Å²) in [6.45, 7) is 1.49. The van der Waals surface area contributed by atoms with Crippen LogP contribution in [0.3, 0.4) is 0 Å². The molecule has 0 atom stereocenters. The molecule has 0 spiro atoms. The maximum Gasteiger partial charge on any atom is 0.273 e. The summed E-state index contributed by atoms with van der Waals surface area (Å²) in [5.74, 6) is 0. The predicted octanol–water partition coefficient (Wildman–Crippen LogP) is 1.07. The first-order chi connectivity index (χ1) is 9.70. The minimum Gasteiger partial charge on any atom is -0.394 e.